The molecule has 0 bridgehead atoms. The van der Waals surface area contributed by atoms with E-state index in [1.54, 1.807) is 0 Å². The molecule has 1 aromatic rings. The molecule has 0 saturated heterocycles. The molecule has 0 amide bonds. The molecular formula is C17H28BrN. The van der Waals surface area contributed by atoms with Gasteiger partial charge in [-0.25, -0.2) is 0 Å². The first-order valence-corrected chi connectivity index (χ1v) is 8.35. The van der Waals surface area contributed by atoms with Crippen LogP contribution in [0.25, 0.3) is 0 Å². The van der Waals surface area contributed by atoms with Gasteiger partial charge in [-0.3, -0.25) is 0 Å². The second kappa shape index (κ2) is 8.76. The summed E-state index contributed by atoms with van der Waals surface area (Å²) in [7, 11) is 2.08. The van der Waals surface area contributed by atoms with Crippen LogP contribution in [0.15, 0.2) is 22.7 Å². The van der Waals surface area contributed by atoms with Crippen LogP contribution in [0.5, 0.6) is 0 Å². The Hall–Kier alpha value is -0.340. The number of nitrogens with one attached hydrogen (secondary N) is 1. The number of hydrogen-bond acceptors (Lipinski definition) is 1. The summed E-state index contributed by atoms with van der Waals surface area (Å²) in [5, 5.41) is 3.50. The predicted octanol–water partition coefficient (Wildman–Crippen LogP) is 5.62. The van der Waals surface area contributed by atoms with Gasteiger partial charge in [0.1, 0.15) is 0 Å². The number of hydrogen-bond donors (Lipinski definition) is 1. The average molecular weight is 326 g/mol. The summed E-state index contributed by atoms with van der Waals surface area (Å²) in [5.41, 5.74) is 2.72. The quantitative estimate of drug-likeness (QED) is 0.653. The molecular weight excluding hydrogens is 298 g/mol. The first-order valence-electron chi connectivity index (χ1n) is 7.56. The molecule has 19 heavy (non-hydrogen) atoms. The third kappa shape index (κ3) is 4.92. The molecule has 2 heteroatoms. The SMILES string of the molecule is CCCCC(CC)CC(NC)c1cccc(C)c1Br. The zero-order chi connectivity index (χ0) is 14.3. The minimum absolute atomic E-state index is 0.455. The summed E-state index contributed by atoms with van der Waals surface area (Å²) in [6.07, 6.45) is 6.52. The second-order valence-corrected chi connectivity index (χ2v) is 6.26. The molecule has 0 spiro atoms. The maximum atomic E-state index is 3.75. The number of rotatable bonds is 8. The third-order valence-corrected chi connectivity index (χ3v) is 5.14. The summed E-state index contributed by atoms with van der Waals surface area (Å²) in [6, 6.07) is 7.02. The van der Waals surface area contributed by atoms with E-state index in [1.165, 1.54) is 47.7 Å². The van der Waals surface area contributed by atoms with Crippen molar-refractivity contribution in [2.45, 2.75) is 58.9 Å². The van der Waals surface area contributed by atoms with Gasteiger partial charge in [-0.1, -0.05) is 73.7 Å². The largest absolute Gasteiger partial charge is 0.313 e. The van der Waals surface area contributed by atoms with Crippen LogP contribution in [0.4, 0.5) is 0 Å². The molecule has 2 atom stereocenters. The first kappa shape index (κ1) is 16.7. The Morgan fingerprint density at radius 1 is 1.26 bits per heavy atom. The lowest BCUT2D eigenvalue weighted by atomic mass is 9.89. The Labute approximate surface area is 127 Å². The van der Waals surface area contributed by atoms with E-state index >= 15 is 0 Å². The van der Waals surface area contributed by atoms with E-state index < -0.39 is 0 Å². The van der Waals surface area contributed by atoms with Gasteiger partial charge in [-0.2, -0.15) is 0 Å². The molecule has 2 unspecified atom stereocenters. The molecule has 0 aromatic heterocycles. The van der Waals surface area contributed by atoms with Crippen molar-refractivity contribution in [3.63, 3.8) is 0 Å². The van der Waals surface area contributed by atoms with Crippen molar-refractivity contribution in [3.8, 4) is 0 Å². The second-order valence-electron chi connectivity index (χ2n) is 5.47. The minimum atomic E-state index is 0.455. The molecule has 1 N–H and O–H groups in total. The standard InChI is InChI=1S/C17H28BrN/c1-5-7-10-14(6-2)12-16(19-4)15-11-8-9-13(3)17(15)18/h8-9,11,14,16,19H,5-7,10,12H2,1-4H3. The number of halogens is 1. The monoisotopic (exact) mass is 325 g/mol. The van der Waals surface area contributed by atoms with Crippen LogP contribution < -0.4 is 5.32 Å². The van der Waals surface area contributed by atoms with Gasteiger partial charge in [-0.05, 0) is 37.4 Å². The van der Waals surface area contributed by atoms with Crippen molar-refractivity contribution in [2.75, 3.05) is 7.05 Å². The Balaban J connectivity index is 2.79. The van der Waals surface area contributed by atoms with Crippen LogP contribution in [0.2, 0.25) is 0 Å². The van der Waals surface area contributed by atoms with E-state index in [-0.39, 0.29) is 0 Å². The number of unbranched alkanes of at least 4 members (excludes halogenated alkanes) is 1. The van der Waals surface area contributed by atoms with Gasteiger partial charge in [0, 0.05) is 10.5 Å². The predicted molar refractivity (Wildman–Crippen MR) is 88.6 cm³/mol. The summed E-state index contributed by atoms with van der Waals surface area (Å²) < 4.78 is 1.26. The fraction of sp³-hybridized carbons (Fsp3) is 0.647. The molecule has 0 aliphatic carbocycles. The summed E-state index contributed by atoms with van der Waals surface area (Å²) >= 11 is 3.75. The third-order valence-electron chi connectivity index (χ3n) is 4.06. The van der Waals surface area contributed by atoms with Crippen molar-refractivity contribution >= 4 is 15.9 Å². The Morgan fingerprint density at radius 2 is 2.00 bits per heavy atom. The summed E-state index contributed by atoms with van der Waals surface area (Å²) in [5.74, 6) is 0.824. The van der Waals surface area contributed by atoms with E-state index in [9.17, 15) is 0 Å². The summed E-state index contributed by atoms with van der Waals surface area (Å²) in [6.45, 7) is 6.76. The van der Waals surface area contributed by atoms with E-state index in [0.29, 0.717) is 6.04 Å². The molecule has 0 saturated carbocycles. The Morgan fingerprint density at radius 3 is 2.58 bits per heavy atom. The van der Waals surface area contributed by atoms with Gasteiger partial charge in [0.05, 0.1) is 0 Å². The van der Waals surface area contributed by atoms with Gasteiger partial charge in [0.25, 0.3) is 0 Å². The van der Waals surface area contributed by atoms with Crippen LogP contribution in [0.3, 0.4) is 0 Å². The number of aryl methyl sites for hydroxylation is 1. The Kier molecular flexibility index (Phi) is 7.70. The normalized spacial score (nSPS) is 14.4. The van der Waals surface area contributed by atoms with E-state index in [4.69, 9.17) is 0 Å². The minimum Gasteiger partial charge on any atom is -0.313 e. The van der Waals surface area contributed by atoms with E-state index in [2.05, 4.69) is 67.3 Å². The maximum Gasteiger partial charge on any atom is 0.0331 e. The lowest BCUT2D eigenvalue weighted by molar-refractivity contribution is 0.364. The average Bonchev–Trinajstić information content (AvgIpc) is 2.43. The molecule has 0 heterocycles. The van der Waals surface area contributed by atoms with Gasteiger partial charge in [0.2, 0.25) is 0 Å². The maximum absolute atomic E-state index is 3.75. The molecule has 0 aliphatic heterocycles. The summed E-state index contributed by atoms with van der Waals surface area (Å²) in [4.78, 5) is 0. The number of benzene rings is 1. The van der Waals surface area contributed by atoms with Gasteiger partial charge < -0.3 is 5.32 Å². The van der Waals surface area contributed by atoms with Gasteiger partial charge in [-0.15, -0.1) is 0 Å². The molecule has 108 valence electrons. The van der Waals surface area contributed by atoms with Crippen molar-refractivity contribution in [1.29, 1.82) is 0 Å². The molecule has 1 aromatic carbocycles. The molecule has 0 radical (unpaired) electrons. The van der Waals surface area contributed by atoms with Crippen molar-refractivity contribution < 1.29 is 0 Å². The van der Waals surface area contributed by atoms with Crippen LogP contribution >= 0.6 is 15.9 Å². The zero-order valence-electron chi connectivity index (χ0n) is 12.8. The van der Waals surface area contributed by atoms with Gasteiger partial charge in [0.15, 0.2) is 0 Å². The topological polar surface area (TPSA) is 12.0 Å². The van der Waals surface area contributed by atoms with Crippen molar-refractivity contribution in [2.24, 2.45) is 5.92 Å². The highest BCUT2D eigenvalue weighted by Gasteiger charge is 2.18. The van der Waals surface area contributed by atoms with Crippen LogP contribution in [-0.2, 0) is 0 Å². The molecule has 1 nitrogen and oxygen atoms in total. The van der Waals surface area contributed by atoms with Crippen LogP contribution in [0, 0.1) is 12.8 Å². The van der Waals surface area contributed by atoms with Gasteiger partial charge >= 0.3 is 0 Å². The molecule has 0 aliphatic rings. The highest BCUT2D eigenvalue weighted by atomic mass is 79.9. The van der Waals surface area contributed by atoms with E-state index in [1.807, 2.05) is 0 Å². The fourth-order valence-corrected chi connectivity index (χ4v) is 3.19. The molecule has 0 fully saturated rings. The smallest absolute Gasteiger partial charge is 0.0331 e. The molecule has 1 rings (SSSR count). The lowest BCUT2D eigenvalue weighted by Gasteiger charge is -2.24. The van der Waals surface area contributed by atoms with Crippen molar-refractivity contribution in [3.05, 3.63) is 33.8 Å². The highest BCUT2D eigenvalue weighted by Crippen LogP contribution is 2.32. The highest BCUT2D eigenvalue weighted by molar-refractivity contribution is 9.10. The van der Waals surface area contributed by atoms with Crippen molar-refractivity contribution in [1.82, 2.24) is 5.32 Å². The van der Waals surface area contributed by atoms with Crippen LogP contribution in [0.1, 0.15) is 63.1 Å². The Bertz CT molecular complexity index is 376. The fourth-order valence-electron chi connectivity index (χ4n) is 2.65. The van der Waals surface area contributed by atoms with Crippen LogP contribution in [-0.4, -0.2) is 7.05 Å². The van der Waals surface area contributed by atoms with E-state index in [0.717, 1.165) is 5.92 Å². The lowest BCUT2D eigenvalue weighted by Crippen LogP contribution is -2.20. The zero-order valence-corrected chi connectivity index (χ0v) is 14.4. The first-order chi connectivity index (χ1) is 9.13.